The second-order valence-corrected chi connectivity index (χ2v) is 8.25. The molecule has 0 spiro atoms. The molecule has 0 bridgehead atoms. The smallest absolute Gasteiger partial charge is 0.271 e. The van der Waals surface area contributed by atoms with E-state index in [1.54, 1.807) is 19.4 Å². The third-order valence-corrected chi connectivity index (χ3v) is 6.08. The van der Waals surface area contributed by atoms with Gasteiger partial charge in [0.2, 0.25) is 5.88 Å². The highest BCUT2D eigenvalue weighted by Crippen LogP contribution is 2.25. The first-order valence-corrected chi connectivity index (χ1v) is 11.1. The van der Waals surface area contributed by atoms with E-state index in [0.29, 0.717) is 23.5 Å². The van der Waals surface area contributed by atoms with E-state index < -0.39 is 0 Å². The maximum atomic E-state index is 12.8. The molecule has 0 saturated heterocycles. The fourth-order valence-corrected chi connectivity index (χ4v) is 4.37. The summed E-state index contributed by atoms with van der Waals surface area (Å²) in [5.74, 6) is 0.314. The molecule has 1 aromatic carbocycles. The van der Waals surface area contributed by atoms with Gasteiger partial charge >= 0.3 is 0 Å². The molecular formula is C25H21N7O2. The van der Waals surface area contributed by atoms with Gasteiger partial charge in [-0.25, -0.2) is 14.6 Å². The third kappa shape index (κ3) is 3.61. The largest absolute Gasteiger partial charge is 0.481 e. The van der Waals surface area contributed by atoms with Crippen molar-refractivity contribution in [3.63, 3.8) is 0 Å². The van der Waals surface area contributed by atoms with Gasteiger partial charge in [0.15, 0.2) is 0 Å². The molecule has 4 aromatic heterocycles. The summed E-state index contributed by atoms with van der Waals surface area (Å²) in [5, 5.41) is 7.92. The topological polar surface area (TPSA) is 108 Å². The molecular weight excluding hydrogens is 430 g/mol. The first-order valence-electron chi connectivity index (χ1n) is 11.1. The lowest BCUT2D eigenvalue weighted by Crippen LogP contribution is -2.39. The van der Waals surface area contributed by atoms with Crippen molar-refractivity contribution >= 4 is 28.0 Å². The standard InChI is InChI=1S/C25H21N7O2/c1-34-23-9-8-20-24(30-23)22(10-11-26-20)32-14-15-12-16(6-7-17(15)31-32)28-25(33)21-13-27-18-4-2-3-5-19(18)29-21/h2-5,8-11,13-14,16H,6-7,12H2,1H3,(H,28,33). The number of hydrogen-bond donors (Lipinski definition) is 1. The fourth-order valence-electron chi connectivity index (χ4n) is 4.37. The van der Waals surface area contributed by atoms with Crippen molar-refractivity contribution in [2.75, 3.05) is 7.11 Å². The number of aryl methyl sites for hydroxylation is 1. The summed E-state index contributed by atoms with van der Waals surface area (Å²) in [6.45, 7) is 0. The minimum Gasteiger partial charge on any atom is -0.481 e. The zero-order chi connectivity index (χ0) is 23.1. The minimum atomic E-state index is -0.212. The highest BCUT2D eigenvalue weighted by atomic mass is 16.5. The lowest BCUT2D eigenvalue weighted by Gasteiger charge is -2.22. The summed E-state index contributed by atoms with van der Waals surface area (Å²) in [6, 6.07) is 13.1. The molecule has 0 radical (unpaired) electrons. The monoisotopic (exact) mass is 451 g/mol. The molecule has 9 heteroatoms. The zero-order valence-electron chi connectivity index (χ0n) is 18.5. The molecule has 0 fully saturated rings. The molecule has 6 rings (SSSR count). The zero-order valence-corrected chi connectivity index (χ0v) is 18.5. The number of nitrogens with one attached hydrogen (secondary N) is 1. The highest BCUT2D eigenvalue weighted by molar-refractivity contribution is 5.94. The van der Waals surface area contributed by atoms with Gasteiger partial charge in [0, 0.05) is 24.5 Å². The van der Waals surface area contributed by atoms with Crippen molar-refractivity contribution in [3.8, 4) is 11.6 Å². The Morgan fingerprint density at radius 3 is 2.82 bits per heavy atom. The molecule has 1 atom stereocenters. The van der Waals surface area contributed by atoms with Crippen molar-refractivity contribution in [2.45, 2.75) is 25.3 Å². The number of pyridine rings is 2. The van der Waals surface area contributed by atoms with Gasteiger partial charge in [0.1, 0.15) is 11.2 Å². The van der Waals surface area contributed by atoms with Crippen molar-refractivity contribution < 1.29 is 9.53 Å². The molecule has 1 aliphatic rings. The second-order valence-electron chi connectivity index (χ2n) is 8.25. The summed E-state index contributed by atoms with van der Waals surface area (Å²) in [4.78, 5) is 30.6. The molecule has 5 aromatic rings. The number of para-hydroxylation sites is 2. The number of carbonyl (C=O) groups excluding carboxylic acids is 1. The fraction of sp³-hybridized carbons (Fsp3) is 0.200. The van der Waals surface area contributed by atoms with Crippen molar-refractivity contribution in [1.82, 2.24) is 35.0 Å². The Labute approximate surface area is 194 Å². The van der Waals surface area contributed by atoms with E-state index in [0.717, 1.165) is 46.3 Å². The Morgan fingerprint density at radius 2 is 1.94 bits per heavy atom. The molecule has 34 heavy (non-hydrogen) atoms. The van der Waals surface area contributed by atoms with E-state index in [9.17, 15) is 4.79 Å². The van der Waals surface area contributed by atoms with Crippen LogP contribution in [0.15, 0.2) is 61.1 Å². The van der Waals surface area contributed by atoms with Crippen LogP contribution in [0.5, 0.6) is 5.88 Å². The van der Waals surface area contributed by atoms with Gasteiger partial charge in [-0.2, -0.15) is 5.10 Å². The molecule has 1 amide bonds. The summed E-state index contributed by atoms with van der Waals surface area (Å²) < 4.78 is 7.13. The summed E-state index contributed by atoms with van der Waals surface area (Å²) in [6.07, 6.45) is 7.57. The molecule has 1 unspecified atom stereocenters. The van der Waals surface area contributed by atoms with Crippen molar-refractivity contribution in [1.29, 1.82) is 0 Å². The predicted molar refractivity (Wildman–Crippen MR) is 126 cm³/mol. The summed E-state index contributed by atoms with van der Waals surface area (Å²) in [7, 11) is 1.59. The van der Waals surface area contributed by atoms with Crippen LogP contribution in [-0.4, -0.2) is 48.8 Å². The molecule has 1 aliphatic carbocycles. The van der Waals surface area contributed by atoms with Crippen molar-refractivity contribution in [2.24, 2.45) is 0 Å². The van der Waals surface area contributed by atoms with Crippen LogP contribution in [0.2, 0.25) is 0 Å². The molecule has 1 N–H and O–H groups in total. The third-order valence-electron chi connectivity index (χ3n) is 6.08. The number of carbonyl (C=O) groups is 1. The van der Waals surface area contributed by atoms with Crippen LogP contribution in [-0.2, 0) is 12.8 Å². The lowest BCUT2D eigenvalue weighted by molar-refractivity contribution is 0.0928. The Hall–Kier alpha value is -4.40. The average Bonchev–Trinajstić information content (AvgIpc) is 3.31. The Kier molecular flexibility index (Phi) is 4.87. The van der Waals surface area contributed by atoms with Crippen LogP contribution >= 0.6 is 0 Å². The molecule has 0 saturated carbocycles. The Morgan fingerprint density at radius 1 is 1.06 bits per heavy atom. The van der Waals surface area contributed by atoms with E-state index in [1.165, 1.54) is 6.20 Å². The van der Waals surface area contributed by atoms with Crippen LogP contribution < -0.4 is 10.1 Å². The number of hydrogen-bond acceptors (Lipinski definition) is 7. The first kappa shape index (κ1) is 20.2. The van der Waals surface area contributed by atoms with Crippen LogP contribution in [0.4, 0.5) is 0 Å². The normalized spacial score (nSPS) is 15.3. The Balaban J connectivity index is 1.24. The van der Waals surface area contributed by atoms with E-state index in [4.69, 9.17) is 9.84 Å². The maximum Gasteiger partial charge on any atom is 0.271 e. The van der Waals surface area contributed by atoms with Crippen molar-refractivity contribution in [3.05, 3.63) is 78.0 Å². The van der Waals surface area contributed by atoms with Gasteiger partial charge in [0.25, 0.3) is 5.91 Å². The molecule has 4 heterocycles. The minimum absolute atomic E-state index is 0.00155. The van der Waals surface area contributed by atoms with Crippen LogP contribution in [0.25, 0.3) is 27.8 Å². The summed E-state index contributed by atoms with van der Waals surface area (Å²) >= 11 is 0. The summed E-state index contributed by atoms with van der Waals surface area (Å²) in [5.41, 5.74) is 6.27. The van der Waals surface area contributed by atoms with Gasteiger partial charge in [0.05, 0.1) is 41.2 Å². The number of aromatic nitrogens is 6. The van der Waals surface area contributed by atoms with Gasteiger partial charge in [-0.3, -0.25) is 14.8 Å². The quantitative estimate of drug-likeness (QED) is 0.447. The van der Waals surface area contributed by atoms with E-state index >= 15 is 0 Å². The van der Waals surface area contributed by atoms with Gasteiger partial charge < -0.3 is 10.1 Å². The average molecular weight is 451 g/mol. The van der Waals surface area contributed by atoms with E-state index in [2.05, 4.69) is 25.3 Å². The number of benzene rings is 1. The number of amides is 1. The predicted octanol–water partition coefficient (Wildman–Crippen LogP) is 3.05. The number of fused-ring (bicyclic) bond motifs is 3. The Bertz CT molecular complexity index is 1550. The van der Waals surface area contributed by atoms with Crippen LogP contribution in [0.1, 0.15) is 28.2 Å². The molecule has 0 aliphatic heterocycles. The van der Waals surface area contributed by atoms with E-state index in [-0.39, 0.29) is 11.9 Å². The number of methoxy groups -OCH3 is 1. The van der Waals surface area contributed by atoms with Crippen LogP contribution in [0.3, 0.4) is 0 Å². The number of ether oxygens (including phenoxy) is 1. The second kappa shape index (κ2) is 8.18. The SMILES string of the molecule is COc1ccc2nccc(-n3cc4c(n3)CCC(NC(=O)c3cnc5ccccc5n3)C4)c2n1. The lowest BCUT2D eigenvalue weighted by atomic mass is 9.93. The van der Waals surface area contributed by atoms with Gasteiger partial charge in [-0.05, 0) is 49.1 Å². The molecule has 9 nitrogen and oxygen atoms in total. The number of rotatable bonds is 4. The van der Waals surface area contributed by atoms with Gasteiger partial charge in [-0.15, -0.1) is 0 Å². The maximum absolute atomic E-state index is 12.8. The van der Waals surface area contributed by atoms with Gasteiger partial charge in [-0.1, -0.05) is 12.1 Å². The first-order chi connectivity index (χ1) is 16.7. The van der Waals surface area contributed by atoms with Crippen LogP contribution in [0, 0.1) is 0 Å². The highest BCUT2D eigenvalue weighted by Gasteiger charge is 2.24. The van der Waals surface area contributed by atoms with E-state index in [1.807, 2.05) is 47.3 Å². The number of nitrogens with zero attached hydrogens (tertiary/aromatic N) is 6. The molecule has 168 valence electrons.